The van der Waals surface area contributed by atoms with Gasteiger partial charge in [-0.1, -0.05) is 12.8 Å². The molecule has 4 nitrogen and oxygen atoms in total. The summed E-state index contributed by atoms with van der Waals surface area (Å²) < 4.78 is 0. The van der Waals surface area contributed by atoms with E-state index in [1.165, 1.54) is 0 Å². The van der Waals surface area contributed by atoms with Crippen LogP contribution in [0.3, 0.4) is 0 Å². The summed E-state index contributed by atoms with van der Waals surface area (Å²) in [6.07, 6.45) is 7.19. The van der Waals surface area contributed by atoms with Crippen LogP contribution in [0.5, 0.6) is 0 Å². The second-order valence-electron chi connectivity index (χ2n) is 3.26. The summed E-state index contributed by atoms with van der Waals surface area (Å²) in [6.45, 7) is 3.05. The third kappa shape index (κ3) is 7.23. The number of hydrogen-bond acceptors (Lipinski definition) is 3. The van der Waals surface area contributed by atoms with Crippen molar-refractivity contribution in [3.05, 3.63) is 0 Å². The summed E-state index contributed by atoms with van der Waals surface area (Å²) in [5.41, 5.74) is 9.90. The zero-order valence-corrected chi connectivity index (χ0v) is 12.9. The van der Waals surface area contributed by atoms with E-state index in [1.807, 2.05) is 6.92 Å². The van der Waals surface area contributed by atoms with Crippen molar-refractivity contribution >= 4 is 39.9 Å². The molecule has 6 heteroatoms. The zero-order valence-electron chi connectivity index (χ0n) is 9.49. The van der Waals surface area contributed by atoms with Crippen LogP contribution in [0.25, 0.3) is 0 Å². The van der Waals surface area contributed by atoms with Gasteiger partial charge in [-0.15, -0.1) is 40.4 Å². The third-order valence-electron chi connectivity index (χ3n) is 1.97. The van der Waals surface area contributed by atoms with E-state index in [0.29, 0.717) is 25.9 Å². The molecule has 0 aromatic carbocycles. The first-order valence-electron chi connectivity index (χ1n) is 4.85. The number of amides is 1. The van der Waals surface area contributed by atoms with Crippen LogP contribution in [-0.4, -0.2) is 24.5 Å². The molecule has 0 aromatic heterocycles. The minimum atomic E-state index is -1.20. The van der Waals surface area contributed by atoms with Gasteiger partial charge in [-0.05, 0) is 25.8 Å². The first kappa shape index (κ1) is 21.2. The molecule has 0 saturated heterocycles. The Morgan fingerprint density at radius 1 is 1.50 bits per heavy atom. The Hall–Kier alpha value is -0.0900. The maximum atomic E-state index is 11.5. The van der Waals surface area contributed by atoms with Crippen molar-refractivity contribution in [3.63, 3.8) is 0 Å². The molecule has 0 saturated carbocycles. The molecule has 1 amide bonds. The van der Waals surface area contributed by atoms with E-state index in [2.05, 4.69) is 11.2 Å². The Bertz CT molecular complexity index is 231. The lowest BCUT2D eigenvalue weighted by Crippen LogP contribution is -2.53. The minimum Gasteiger partial charge on any atom is -0.354 e. The molecule has 0 spiro atoms. The molecule has 0 aromatic rings. The number of terminal acetylenes is 1. The first-order chi connectivity index (χ1) is 6.60. The number of nitrogens with one attached hydrogen (secondary N) is 1. The smallest absolute Gasteiger partial charge is 0.252 e. The lowest BCUT2D eigenvalue weighted by molar-refractivity contribution is -0.124. The van der Waals surface area contributed by atoms with E-state index in [9.17, 15) is 4.79 Å². The predicted octanol–water partition coefficient (Wildman–Crippen LogP) is 0.738. The van der Waals surface area contributed by atoms with E-state index in [1.54, 1.807) is 0 Å². The highest BCUT2D eigenvalue weighted by molar-refractivity contribution is 8.93. The fraction of sp³-hybridized carbons (Fsp3) is 0.700. The van der Waals surface area contributed by atoms with Gasteiger partial charge in [0.05, 0.1) is 0 Å². The lowest BCUT2D eigenvalue weighted by atomic mass is 9.94. The van der Waals surface area contributed by atoms with Crippen molar-refractivity contribution in [2.75, 3.05) is 13.1 Å². The van der Waals surface area contributed by atoms with Gasteiger partial charge < -0.3 is 16.8 Å². The molecular formula is C10H21Br2N3O. The highest BCUT2D eigenvalue weighted by Crippen LogP contribution is 2.08. The number of carbonyl (C=O) groups excluding carboxylic acids is 1. The van der Waals surface area contributed by atoms with Crippen LogP contribution < -0.4 is 16.8 Å². The summed E-state index contributed by atoms with van der Waals surface area (Å²) in [7, 11) is 0. The standard InChI is InChI=1S/C10H19N3O.2BrH/c1-3-8-13-9(14)10(12,4-2)6-5-7-11;;/h2H,3,5-8,11-12H2,1H3,(H,13,14);2*1H. The van der Waals surface area contributed by atoms with Crippen molar-refractivity contribution < 1.29 is 4.79 Å². The SMILES string of the molecule is Br.Br.C#CC(N)(CCCN)C(=O)NCCC. The monoisotopic (exact) mass is 357 g/mol. The van der Waals surface area contributed by atoms with E-state index in [-0.39, 0.29) is 39.9 Å². The quantitative estimate of drug-likeness (QED) is 0.612. The molecule has 0 aliphatic carbocycles. The maximum Gasteiger partial charge on any atom is 0.252 e. The fourth-order valence-electron chi connectivity index (χ4n) is 1.03. The van der Waals surface area contributed by atoms with E-state index in [0.717, 1.165) is 6.42 Å². The Labute approximate surface area is 118 Å². The summed E-state index contributed by atoms with van der Waals surface area (Å²) in [5.74, 6) is 2.05. The van der Waals surface area contributed by atoms with Crippen LogP contribution in [0.4, 0.5) is 0 Å². The normalized spacial score (nSPS) is 12.4. The van der Waals surface area contributed by atoms with E-state index >= 15 is 0 Å². The van der Waals surface area contributed by atoms with Gasteiger partial charge in [-0.3, -0.25) is 4.79 Å². The highest BCUT2D eigenvalue weighted by Gasteiger charge is 2.30. The number of carbonyl (C=O) groups is 1. The molecule has 16 heavy (non-hydrogen) atoms. The number of halogens is 2. The molecule has 0 heterocycles. The molecule has 1 unspecified atom stereocenters. The van der Waals surface area contributed by atoms with Crippen molar-refractivity contribution in [1.82, 2.24) is 5.32 Å². The van der Waals surface area contributed by atoms with Crippen LogP contribution in [-0.2, 0) is 4.79 Å². The van der Waals surface area contributed by atoms with E-state index in [4.69, 9.17) is 17.9 Å². The van der Waals surface area contributed by atoms with Gasteiger partial charge in [0.15, 0.2) is 5.54 Å². The van der Waals surface area contributed by atoms with Gasteiger partial charge in [0.2, 0.25) is 0 Å². The van der Waals surface area contributed by atoms with Gasteiger partial charge in [0, 0.05) is 6.54 Å². The fourth-order valence-corrected chi connectivity index (χ4v) is 1.03. The molecule has 1 atom stereocenters. The largest absolute Gasteiger partial charge is 0.354 e. The Morgan fingerprint density at radius 2 is 2.06 bits per heavy atom. The topological polar surface area (TPSA) is 81.1 Å². The third-order valence-corrected chi connectivity index (χ3v) is 1.97. The van der Waals surface area contributed by atoms with Crippen molar-refractivity contribution in [1.29, 1.82) is 0 Å². The summed E-state index contributed by atoms with van der Waals surface area (Å²) in [5, 5.41) is 2.69. The highest BCUT2D eigenvalue weighted by atomic mass is 79.9. The van der Waals surface area contributed by atoms with Gasteiger partial charge in [-0.25, -0.2) is 0 Å². The number of hydrogen-bond donors (Lipinski definition) is 3. The van der Waals surface area contributed by atoms with E-state index < -0.39 is 5.54 Å². The van der Waals surface area contributed by atoms with Crippen molar-refractivity contribution in [2.24, 2.45) is 11.5 Å². The van der Waals surface area contributed by atoms with Gasteiger partial charge in [0.1, 0.15) is 0 Å². The van der Waals surface area contributed by atoms with Crippen molar-refractivity contribution in [3.8, 4) is 12.3 Å². The lowest BCUT2D eigenvalue weighted by Gasteiger charge is -2.21. The second-order valence-corrected chi connectivity index (χ2v) is 3.26. The van der Waals surface area contributed by atoms with Crippen molar-refractivity contribution in [2.45, 2.75) is 31.7 Å². The van der Waals surface area contributed by atoms with Crippen LogP contribution in [0.15, 0.2) is 0 Å². The van der Waals surface area contributed by atoms with Crippen LogP contribution in [0.2, 0.25) is 0 Å². The molecule has 0 aliphatic heterocycles. The molecule has 0 fully saturated rings. The van der Waals surface area contributed by atoms with Gasteiger partial charge in [-0.2, -0.15) is 0 Å². The minimum absolute atomic E-state index is 0. The second kappa shape index (κ2) is 11.4. The molecule has 5 N–H and O–H groups in total. The molecule has 96 valence electrons. The average Bonchev–Trinajstić information content (AvgIpc) is 2.22. The Morgan fingerprint density at radius 3 is 2.44 bits per heavy atom. The Balaban J connectivity index is -0.000000845. The van der Waals surface area contributed by atoms with Crippen LogP contribution >= 0.6 is 34.0 Å². The summed E-state index contributed by atoms with van der Waals surface area (Å²) >= 11 is 0. The average molecular weight is 359 g/mol. The zero-order chi connectivity index (χ0) is 11.0. The molecule has 0 aliphatic rings. The molecule has 0 radical (unpaired) electrons. The summed E-state index contributed by atoms with van der Waals surface area (Å²) in [4.78, 5) is 11.5. The van der Waals surface area contributed by atoms with Crippen LogP contribution in [0, 0.1) is 12.3 Å². The first-order valence-corrected chi connectivity index (χ1v) is 4.85. The number of nitrogens with two attached hydrogens (primary N) is 2. The predicted molar refractivity (Wildman–Crippen MR) is 78.0 cm³/mol. The molecular weight excluding hydrogens is 338 g/mol. The molecule has 0 rings (SSSR count). The van der Waals surface area contributed by atoms with Gasteiger partial charge in [0.25, 0.3) is 5.91 Å². The maximum absolute atomic E-state index is 11.5. The summed E-state index contributed by atoms with van der Waals surface area (Å²) in [6, 6.07) is 0. The Kier molecular flexibility index (Phi) is 15.1. The van der Waals surface area contributed by atoms with Crippen LogP contribution in [0.1, 0.15) is 26.2 Å². The number of rotatable bonds is 6. The molecule has 0 bridgehead atoms. The van der Waals surface area contributed by atoms with Gasteiger partial charge >= 0.3 is 0 Å².